The molecule has 0 rings (SSSR count). The van der Waals surface area contributed by atoms with Gasteiger partial charge in [-0.2, -0.15) is 0 Å². The van der Waals surface area contributed by atoms with Gasteiger partial charge in [-0.3, -0.25) is 14.4 Å². The van der Waals surface area contributed by atoms with Crippen LogP contribution >= 0.6 is 0 Å². The average molecular weight is 837 g/mol. The van der Waals surface area contributed by atoms with Crippen LogP contribution in [-0.4, -0.2) is 37.2 Å². The van der Waals surface area contributed by atoms with Crippen LogP contribution in [0.15, 0.2) is 72.9 Å². The van der Waals surface area contributed by atoms with E-state index in [1.807, 2.05) is 0 Å². The maximum Gasteiger partial charge on any atom is 0.306 e. The molecule has 0 bridgehead atoms. The summed E-state index contributed by atoms with van der Waals surface area (Å²) in [6.07, 6.45) is 60.3. The fourth-order valence-corrected chi connectivity index (χ4v) is 6.65. The Kier molecular flexibility index (Phi) is 46.0. The normalized spacial score (nSPS) is 12.7. The molecular formula is C54H92O6. The van der Waals surface area contributed by atoms with E-state index in [4.69, 9.17) is 14.2 Å². The van der Waals surface area contributed by atoms with Gasteiger partial charge in [0, 0.05) is 19.3 Å². The van der Waals surface area contributed by atoms with Crippen molar-refractivity contribution in [1.29, 1.82) is 0 Å². The third kappa shape index (κ3) is 45.9. The van der Waals surface area contributed by atoms with Crippen LogP contribution in [0.2, 0.25) is 0 Å². The molecule has 344 valence electrons. The number of carbonyl (C=O) groups is 3. The Labute approximate surface area is 370 Å². The summed E-state index contributed by atoms with van der Waals surface area (Å²) < 4.78 is 16.7. The van der Waals surface area contributed by atoms with Crippen LogP contribution in [-0.2, 0) is 28.6 Å². The van der Waals surface area contributed by atoms with Gasteiger partial charge in [-0.25, -0.2) is 0 Å². The Hall–Kier alpha value is -3.15. The highest BCUT2D eigenvalue weighted by atomic mass is 16.6. The van der Waals surface area contributed by atoms with Gasteiger partial charge < -0.3 is 14.2 Å². The number of hydrogen-bond acceptors (Lipinski definition) is 6. The monoisotopic (exact) mass is 837 g/mol. The van der Waals surface area contributed by atoms with Crippen molar-refractivity contribution < 1.29 is 28.6 Å². The van der Waals surface area contributed by atoms with E-state index < -0.39 is 6.10 Å². The Morgan fingerprint density at radius 1 is 0.350 bits per heavy atom. The molecule has 0 saturated carbocycles. The molecule has 0 amide bonds. The van der Waals surface area contributed by atoms with Crippen molar-refractivity contribution in [3.8, 4) is 0 Å². The molecule has 0 aromatic carbocycles. The van der Waals surface area contributed by atoms with Gasteiger partial charge in [-0.1, -0.05) is 209 Å². The molecule has 0 aromatic heterocycles. The molecule has 0 aliphatic carbocycles. The van der Waals surface area contributed by atoms with E-state index in [1.54, 1.807) is 0 Å². The zero-order chi connectivity index (χ0) is 43.7. The Balaban J connectivity index is 4.48. The largest absolute Gasteiger partial charge is 0.462 e. The lowest BCUT2D eigenvalue weighted by Crippen LogP contribution is -2.30. The standard InChI is InChI=1S/C54H92O6/c1-4-7-10-13-16-19-22-24-26-27-28-30-32-35-38-41-44-47-53(56)59-50-51(49-58-52(55)46-43-40-37-34-31-21-18-15-12-9-6-3)60-54(57)48-45-42-39-36-33-29-25-23-20-17-14-11-8-5-2/h15-16,18-19,21,24,26,28,30-31,35,38,51H,4-14,17,20,22-23,25,27,29,32-34,36-37,39-50H2,1-3H3/b18-15-,19-16-,26-24-,30-28-,31-21-,38-35-. The van der Waals surface area contributed by atoms with Crippen LogP contribution in [0.25, 0.3) is 0 Å². The van der Waals surface area contributed by atoms with Gasteiger partial charge in [0.15, 0.2) is 6.10 Å². The molecule has 0 aromatic rings. The Bertz CT molecular complexity index is 1140. The molecule has 6 nitrogen and oxygen atoms in total. The fraction of sp³-hybridized carbons (Fsp3) is 0.722. The second-order valence-electron chi connectivity index (χ2n) is 16.4. The molecule has 1 unspecified atom stereocenters. The Morgan fingerprint density at radius 3 is 1.18 bits per heavy atom. The first-order valence-electron chi connectivity index (χ1n) is 25.0. The zero-order valence-electron chi connectivity index (χ0n) is 39.2. The van der Waals surface area contributed by atoms with Gasteiger partial charge in [0.2, 0.25) is 0 Å². The van der Waals surface area contributed by atoms with E-state index in [0.717, 1.165) is 77.0 Å². The average Bonchev–Trinajstić information content (AvgIpc) is 3.24. The van der Waals surface area contributed by atoms with Crippen LogP contribution in [0.4, 0.5) is 0 Å². The third-order valence-electron chi connectivity index (χ3n) is 10.5. The van der Waals surface area contributed by atoms with Crippen LogP contribution in [0.5, 0.6) is 0 Å². The van der Waals surface area contributed by atoms with Crippen molar-refractivity contribution in [2.75, 3.05) is 13.2 Å². The lowest BCUT2D eigenvalue weighted by molar-refractivity contribution is -0.167. The van der Waals surface area contributed by atoms with Crippen LogP contribution in [0, 0.1) is 0 Å². The summed E-state index contributed by atoms with van der Waals surface area (Å²) in [7, 11) is 0. The van der Waals surface area contributed by atoms with E-state index in [9.17, 15) is 14.4 Å². The Morgan fingerprint density at radius 2 is 0.683 bits per heavy atom. The minimum Gasteiger partial charge on any atom is -0.462 e. The summed E-state index contributed by atoms with van der Waals surface area (Å²) in [5, 5.41) is 0. The maximum absolute atomic E-state index is 12.8. The predicted molar refractivity (Wildman–Crippen MR) is 256 cm³/mol. The van der Waals surface area contributed by atoms with Crippen molar-refractivity contribution in [1.82, 2.24) is 0 Å². The fourth-order valence-electron chi connectivity index (χ4n) is 6.65. The molecule has 0 saturated heterocycles. The molecule has 6 heteroatoms. The van der Waals surface area contributed by atoms with Crippen molar-refractivity contribution in [3.05, 3.63) is 72.9 Å². The van der Waals surface area contributed by atoms with Crippen LogP contribution in [0.1, 0.15) is 233 Å². The first kappa shape index (κ1) is 56.9. The smallest absolute Gasteiger partial charge is 0.306 e. The van der Waals surface area contributed by atoms with Gasteiger partial charge in [-0.15, -0.1) is 0 Å². The van der Waals surface area contributed by atoms with Gasteiger partial charge >= 0.3 is 17.9 Å². The quantitative estimate of drug-likeness (QED) is 0.0200. The van der Waals surface area contributed by atoms with Crippen LogP contribution < -0.4 is 0 Å². The van der Waals surface area contributed by atoms with E-state index >= 15 is 0 Å². The number of esters is 3. The minimum atomic E-state index is -0.805. The van der Waals surface area contributed by atoms with E-state index in [1.165, 1.54) is 109 Å². The number of unbranched alkanes of at least 4 members (excludes halogenated alkanes) is 22. The number of allylic oxidation sites excluding steroid dienone is 12. The molecule has 60 heavy (non-hydrogen) atoms. The lowest BCUT2D eigenvalue weighted by atomic mass is 10.0. The van der Waals surface area contributed by atoms with Crippen molar-refractivity contribution in [3.63, 3.8) is 0 Å². The maximum atomic E-state index is 12.8. The summed E-state index contributed by atoms with van der Waals surface area (Å²) >= 11 is 0. The highest BCUT2D eigenvalue weighted by Crippen LogP contribution is 2.14. The van der Waals surface area contributed by atoms with Gasteiger partial charge in [0.25, 0.3) is 0 Å². The highest BCUT2D eigenvalue weighted by molar-refractivity contribution is 5.71. The van der Waals surface area contributed by atoms with Gasteiger partial charge in [-0.05, 0) is 77.0 Å². The molecule has 0 spiro atoms. The molecule has 0 aliphatic rings. The van der Waals surface area contributed by atoms with Gasteiger partial charge in [0.1, 0.15) is 13.2 Å². The SMILES string of the molecule is CCCC/C=C\C=C/CCCCCC(=O)OCC(COC(=O)CCC/C=C\C/C=C\C/C=C\C/C=C\CCCCC)OC(=O)CCCCCCCCCCCCCCCC. The molecule has 0 fully saturated rings. The van der Waals surface area contributed by atoms with E-state index in [2.05, 4.69) is 93.7 Å². The number of carbonyl (C=O) groups excluding carboxylic acids is 3. The molecule has 0 heterocycles. The highest BCUT2D eigenvalue weighted by Gasteiger charge is 2.19. The summed E-state index contributed by atoms with van der Waals surface area (Å²) in [5.41, 5.74) is 0. The number of hydrogen-bond donors (Lipinski definition) is 0. The van der Waals surface area contributed by atoms with E-state index in [-0.39, 0.29) is 37.5 Å². The van der Waals surface area contributed by atoms with Crippen molar-refractivity contribution >= 4 is 17.9 Å². The second-order valence-corrected chi connectivity index (χ2v) is 16.4. The molecule has 0 radical (unpaired) electrons. The van der Waals surface area contributed by atoms with Gasteiger partial charge in [0.05, 0.1) is 0 Å². The third-order valence-corrected chi connectivity index (χ3v) is 10.5. The van der Waals surface area contributed by atoms with Crippen LogP contribution in [0.3, 0.4) is 0 Å². The minimum absolute atomic E-state index is 0.105. The second kappa shape index (κ2) is 48.5. The summed E-state index contributed by atoms with van der Waals surface area (Å²) in [4.78, 5) is 37.8. The molecule has 0 N–H and O–H groups in total. The summed E-state index contributed by atoms with van der Waals surface area (Å²) in [6.45, 7) is 6.48. The lowest BCUT2D eigenvalue weighted by Gasteiger charge is -2.18. The summed E-state index contributed by atoms with van der Waals surface area (Å²) in [5.74, 6) is -0.988. The number of rotatable bonds is 44. The molecule has 0 aliphatic heterocycles. The first-order chi connectivity index (χ1) is 29.5. The van der Waals surface area contributed by atoms with E-state index in [0.29, 0.717) is 19.3 Å². The summed E-state index contributed by atoms with van der Waals surface area (Å²) in [6, 6.07) is 0. The van der Waals surface area contributed by atoms with Crippen molar-refractivity contribution in [2.45, 2.75) is 239 Å². The first-order valence-corrected chi connectivity index (χ1v) is 25.0. The molecular weight excluding hydrogens is 745 g/mol. The predicted octanol–water partition coefficient (Wildman–Crippen LogP) is 16.3. The van der Waals surface area contributed by atoms with Crippen molar-refractivity contribution in [2.24, 2.45) is 0 Å². The molecule has 1 atom stereocenters. The topological polar surface area (TPSA) is 78.9 Å². The zero-order valence-corrected chi connectivity index (χ0v) is 39.2. The number of ether oxygens (including phenoxy) is 3.